The summed E-state index contributed by atoms with van der Waals surface area (Å²) in [5.41, 5.74) is 1.47. The number of benzene rings is 2. The summed E-state index contributed by atoms with van der Waals surface area (Å²) in [7, 11) is -0.357. The Morgan fingerprint density at radius 3 is 2.37 bits per heavy atom. The molecule has 30 heavy (non-hydrogen) atoms. The van der Waals surface area contributed by atoms with E-state index in [1.165, 1.54) is 28.4 Å². The fourth-order valence-electron chi connectivity index (χ4n) is 3.32. The first-order valence-corrected chi connectivity index (χ1v) is 12.0. The highest BCUT2D eigenvalue weighted by molar-refractivity contribution is 9.10. The highest BCUT2D eigenvalue weighted by Crippen LogP contribution is 2.30. The lowest BCUT2D eigenvalue weighted by atomic mass is 10.2. The van der Waals surface area contributed by atoms with Gasteiger partial charge in [-0.25, -0.2) is 8.42 Å². The zero-order valence-electron chi connectivity index (χ0n) is 17.4. The monoisotopic (exact) mass is 496 g/mol. The Balaban J connectivity index is 1.95. The van der Waals surface area contributed by atoms with Crippen molar-refractivity contribution in [2.75, 3.05) is 51.2 Å². The standard InChI is InChI=1S/C21H26BrN3O4S/c1-16-4-6-17(7-5-16)25(15-21(26)24-12-10-23(2)11-13-24)30(27,28)18-8-9-20(29-3)19(22)14-18/h4-9,14H,10-13,15H2,1-3H3/p+1. The van der Waals surface area contributed by atoms with Gasteiger partial charge in [-0.3, -0.25) is 9.10 Å². The van der Waals surface area contributed by atoms with Crippen LogP contribution in [-0.4, -0.2) is 66.1 Å². The van der Waals surface area contributed by atoms with Crippen LogP contribution in [0.15, 0.2) is 51.8 Å². The Morgan fingerprint density at radius 1 is 1.17 bits per heavy atom. The highest BCUT2D eigenvalue weighted by atomic mass is 79.9. The summed E-state index contributed by atoms with van der Waals surface area (Å²) in [6.07, 6.45) is 0. The van der Waals surface area contributed by atoms with Crippen LogP contribution in [0.2, 0.25) is 0 Å². The van der Waals surface area contributed by atoms with Crippen LogP contribution in [-0.2, 0) is 14.8 Å². The first kappa shape index (κ1) is 22.6. The van der Waals surface area contributed by atoms with Gasteiger partial charge >= 0.3 is 0 Å². The number of nitrogens with zero attached hydrogens (tertiary/aromatic N) is 2. The van der Waals surface area contributed by atoms with Crippen molar-refractivity contribution < 1.29 is 22.8 Å². The second kappa shape index (κ2) is 9.36. The minimum Gasteiger partial charge on any atom is -0.496 e. The molecule has 1 N–H and O–H groups in total. The van der Waals surface area contributed by atoms with Crippen molar-refractivity contribution in [1.29, 1.82) is 0 Å². The van der Waals surface area contributed by atoms with E-state index < -0.39 is 10.0 Å². The van der Waals surface area contributed by atoms with Crippen molar-refractivity contribution in [3.05, 3.63) is 52.5 Å². The largest absolute Gasteiger partial charge is 0.496 e. The van der Waals surface area contributed by atoms with E-state index in [-0.39, 0.29) is 17.3 Å². The lowest BCUT2D eigenvalue weighted by Gasteiger charge is -2.32. The zero-order chi connectivity index (χ0) is 21.9. The number of sulfonamides is 1. The first-order chi connectivity index (χ1) is 14.2. The molecule has 1 fully saturated rings. The summed E-state index contributed by atoms with van der Waals surface area (Å²) < 4.78 is 34.0. The second-order valence-corrected chi connectivity index (χ2v) is 10.2. The van der Waals surface area contributed by atoms with E-state index in [9.17, 15) is 13.2 Å². The van der Waals surface area contributed by atoms with Crippen LogP contribution in [0.25, 0.3) is 0 Å². The van der Waals surface area contributed by atoms with Crippen LogP contribution in [0, 0.1) is 6.92 Å². The van der Waals surface area contributed by atoms with Crippen LogP contribution >= 0.6 is 15.9 Å². The van der Waals surface area contributed by atoms with E-state index in [0.29, 0.717) is 29.0 Å². The van der Waals surface area contributed by atoms with Crippen molar-refractivity contribution in [2.45, 2.75) is 11.8 Å². The maximum absolute atomic E-state index is 13.5. The smallest absolute Gasteiger partial charge is 0.264 e. The van der Waals surface area contributed by atoms with Gasteiger partial charge in [0.25, 0.3) is 10.0 Å². The molecule has 0 aliphatic carbocycles. The number of halogens is 1. The number of aryl methyl sites for hydroxylation is 1. The minimum absolute atomic E-state index is 0.0892. The number of ether oxygens (including phenoxy) is 1. The number of quaternary nitrogens is 1. The Hall–Kier alpha value is -2.10. The fourth-order valence-corrected chi connectivity index (χ4v) is 5.45. The summed E-state index contributed by atoms with van der Waals surface area (Å²) in [5.74, 6) is 0.339. The van der Waals surface area contributed by atoms with Crippen LogP contribution in [0.3, 0.4) is 0 Å². The molecule has 1 amide bonds. The molecule has 0 saturated carbocycles. The predicted octanol–water partition coefficient (Wildman–Crippen LogP) is 1.32. The lowest BCUT2D eigenvalue weighted by Crippen LogP contribution is -3.12. The van der Waals surface area contributed by atoms with Crippen molar-refractivity contribution in [3.63, 3.8) is 0 Å². The molecular weight excluding hydrogens is 470 g/mol. The average Bonchev–Trinajstić information content (AvgIpc) is 2.73. The number of hydrogen-bond donors (Lipinski definition) is 1. The third-order valence-electron chi connectivity index (χ3n) is 5.28. The van der Waals surface area contributed by atoms with Gasteiger partial charge in [-0.15, -0.1) is 0 Å². The highest BCUT2D eigenvalue weighted by Gasteiger charge is 2.31. The summed E-state index contributed by atoms with van der Waals surface area (Å²) in [5, 5.41) is 0. The van der Waals surface area contributed by atoms with E-state index in [2.05, 4.69) is 23.0 Å². The van der Waals surface area contributed by atoms with Gasteiger partial charge in [-0.05, 0) is 53.2 Å². The van der Waals surface area contributed by atoms with Gasteiger partial charge < -0.3 is 14.5 Å². The molecule has 9 heteroatoms. The summed E-state index contributed by atoms with van der Waals surface area (Å²) >= 11 is 3.35. The molecule has 0 unspecified atom stereocenters. The molecule has 0 radical (unpaired) electrons. The summed E-state index contributed by atoms with van der Waals surface area (Å²) in [4.78, 5) is 16.2. The molecule has 7 nitrogen and oxygen atoms in total. The molecule has 2 aromatic rings. The van der Waals surface area contributed by atoms with E-state index in [1.54, 1.807) is 23.1 Å². The molecule has 0 aromatic heterocycles. The first-order valence-electron chi connectivity index (χ1n) is 9.74. The van der Waals surface area contributed by atoms with Gasteiger partial charge in [0, 0.05) is 0 Å². The number of rotatable bonds is 6. The molecule has 1 heterocycles. The van der Waals surface area contributed by atoms with Crippen molar-refractivity contribution in [2.24, 2.45) is 0 Å². The summed E-state index contributed by atoms with van der Waals surface area (Å²) in [6.45, 7) is 4.65. The molecular formula is C21H27BrN3O4S+. The van der Waals surface area contributed by atoms with Crippen LogP contribution in [0.5, 0.6) is 5.75 Å². The van der Waals surface area contributed by atoms with Crippen molar-refractivity contribution in [3.8, 4) is 5.75 Å². The molecule has 162 valence electrons. The molecule has 1 aliphatic heterocycles. The number of nitrogens with one attached hydrogen (secondary N) is 1. The number of likely N-dealkylation sites (N-methyl/N-ethyl adjacent to an activating group) is 1. The maximum Gasteiger partial charge on any atom is 0.264 e. The molecule has 3 rings (SSSR count). The number of amides is 1. The Morgan fingerprint density at radius 2 is 1.80 bits per heavy atom. The number of carbonyl (C=O) groups excluding carboxylic acids is 1. The van der Waals surface area contributed by atoms with Crippen molar-refractivity contribution >= 4 is 37.5 Å². The van der Waals surface area contributed by atoms with Crippen LogP contribution in [0.1, 0.15) is 5.56 Å². The molecule has 2 aromatic carbocycles. The van der Waals surface area contributed by atoms with E-state index >= 15 is 0 Å². The van der Waals surface area contributed by atoms with Crippen LogP contribution < -0.4 is 13.9 Å². The Labute approximate surface area is 186 Å². The third kappa shape index (κ3) is 4.96. The van der Waals surface area contributed by atoms with E-state index in [1.807, 2.05) is 19.1 Å². The number of carbonyl (C=O) groups is 1. The van der Waals surface area contributed by atoms with E-state index in [0.717, 1.165) is 18.7 Å². The van der Waals surface area contributed by atoms with Gasteiger partial charge in [0.15, 0.2) is 0 Å². The molecule has 0 bridgehead atoms. The normalized spacial score (nSPS) is 15.1. The number of hydrogen-bond acceptors (Lipinski definition) is 4. The summed E-state index contributed by atoms with van der Waals surface area (Å²) in [6, 6.07) is 11.7. The van der Waals surface area contributed by atoms with Crippen LogP contribution in [0.4, 0.5) is 5.69 Å². The van der Waals surface area contributed by atoms with Gasteiger partial charge in [0.1, 0.15) is 12.3 Å². The van der Waals surface area contributed by atoms with Gasteiger partial charge in [0.05, 0.1) is 55.4 Å². The predicted molar refractivity (Wildman–Crippen MR) is 120 cm³/mol. The zero-order valence-corrected chi connectivity index (χ0v) is 19.8. The topological polar surface area (TPSA) is 71.4 Å². The Kier molecular flexibility index (Phi) is 7.05. The maximum atomic E-state index is 13.5. The SMILES string of the molecule is COc1ccc(S(=O)(=O)N(CC(=O)N2CC[NH+](C)CC2)c2ccc(C)cc2)cc1Br. The van der Waals surface area contributed by atoms with Crippen molar-refractivity contribution in [1.82, 2.24) is 4.90 Å². The third-order valence-corrected chi connectivity index (χ3v) is 7.67. The van der Waals surface area contributed by atoms with E-state index in [4.69, 9.17) is 4.74 Å². The molecule has 1 saturated heterocycles. The number of anilines is 1. The lowest BCUT2D eigenvalue weighted by molar-refractivity contribution is -0.883. The molecule has 0 spiro atoms. The van der Waals surface area contributed by atoms with Gasteiger partial charge in [0.2, 0.25) is 5.91 Å². The fraction of sp³-hybridized carbons (Fsp3) is 0.381. The second-order valence-electron chi connectivity index (χ2n) is 7.48. The molecule has 0 atom stereocenters. The number of piperazine rings is 1. The minimum atomic E-state index is -3.96. The average molecular weight is 497 g/mol. The molecule has 1 aliphatic rings. The quantitative estimate of drug-likeness (QED) is 0.654. The number of methoxy groups -OCH3 is 1. The van der Waals surface area contributed by atoms with Gasteiger partial charge in [-0.2, -0.15) is 0 Å². The van der Waals surface area contributed by atoms with Gasteiger partial charge in [-0.1, -0.05) is 17.7 Å². The Bertz CT molecular complexity index is 1000.